The summed E-state index contributed by atoms with van der Waals surface area (Å²) < 4.78 is 0. The van der Waals surface area contributed by atoms with Crippen LogP contribution in [0.5, 0.6) is 0 Å². The maximum Gasteiger partial charge on any atom is 0.326 e. The summed E-state index contributed by atoms with van der Waals surface area (Å²) in [7, 11) is 0. The van der Waals surface area contributed by atoms with Crippen LogP contribution in [0.25, 0.3) is 0 Å². The third-order valence-corrected chi connectivity index (χ3v) is 1.86. The topological polar surface area (TPSA) is 75.1 Å². The summed E-state index contributed by atoms with van der Waals surface area (Å²) in [6, 6.07) is 2.48. The Morgan fingerprint density at radius 2 is 2.36 bits per heavy atom. The van der Waals surface area contributed by atoms with Gasteiger partial charge in [-0.1, -0.05) is 18.5 Å². The minimum atomic E-state index is -0.913. The van der Waals surface area contributed by atoms with Gasteiger partial charge in [-0.3, -0.25) is 0 Å². The first-order valence-corrected chi connectivity index (χ1v) is 4.50. The molecule has 14 heavy (non-hydrogen) atoms. The first-order chi connectivity index (χ1) is 6.63. The summed E-state index contributed by atoms with van der Waals surface area (Å²) in [5, 5.41) is 19.0. The number of aliphatic carboxylic acids is 1. The molecule has 0 fully saturated rings. The largest absolute Gasteiger partial charge is 0.480 e. The maximum atomic E-state index is 10.7. The predicted molar refractivity (Wildman–Crippen MR) is 52.4 cm³/mol. The van der Waals surface area contributed by atoms with E-state index in [4.69, 9.17) is 16.7 Å². The third kappa shape index (κ3) is 2.85. The van der Waals surface area contributed by atoms with Crippen molar-refractivity contribution < 1.29 is 9.90 Å². The number of carboxylic acids is 1. The molecule has 1 rings (SSSR count). The summed E-state index contributed by atoms with van der Waals surface area (Å²) in [5.41, 5.74) is 0. The normalized spacial score (nSPS) is 12.1. The second-order valence-corrected chi connectivity index (χ2v) is 3.07. The van der Waals surface area contributed by atoms with Gasteiger partial charge in [0.2, 0.25) is 0 Å². The van der Waals surface area contributed by atoms with Crippen LogP contribution in [0, 0.1) is 0 Å². The Morgan fingerprint density at radius 3 is 2.79 bits per heavy atom. The van der Waals surface area contributed by atoms with E-state index in [-0.39, 0.29) is 5.15 Å². The molecule has 0 saturated carbocycles. The first-order valence-electron chi connectivity index (χ1n) is 4.12. The number of nitrogens with zero attached hydrogens (tertiary/aromatic N) is 2. The predicted octanol–water partition coefficient (Wildman–Crippen LogP) is 1.41. The summed E-state index contributed by atoms with van der Waals surface area (Å²) in [5.74, 6) is -0.507. The van der Waals surface area contributed by atoms with Gasteiger partial charge in [0.15, 0.2) is 5.15 Å². The molecule has 0 radical (unpaired) electrons. The minimum Gasteiger partial charge on any atom is -0.480 e. The van der Waals surface area contributed by atoms with Crippen LogP contribution >= 0.6 is 11.6 Å². The highest BCUT2D eigenvalue weighted by Gasteiger charge is 2.14. The molecule has 0 amide bonds. The Bertz CT molecular complexity index is 315. The highest BCUT2D eigenvalue weighted by Crippen LogP contribution is 2.08. The highest BCUT2D eigenvalue weighted by atomic mass is 35.5. The number of carbonyl (C=O) groups is 1. The van der Waals surface area contributed by atoms with Gasteiger partial charge in [-0.2, -0.15) is 0 Å². The quantitative estimate of drug-likeness (QED) is 0.794. The molecular weight excluding hydrogens is 206 g/mol. The number of rotatable bonds is 4. The van der Waals surface area contributed by atoms with Crippen molar-refractivity contribution in [3.8, 4) is 0 Å². The lowest BCUT2D eigenvalue weighted by Gasteiger charge is -2.11. The molecule has 0 aliphatic heterocycles. The molecule has 0 saturated heterocycles. The van der Waals surface area contributed by atoms with Gasteiger partial charge in [-0.15, -0.1) is 10.2 Å². The first kappa shape index (κ1) is 10.7. The highest BCUT2D eigenvalue weighted by molar-refractivity contribution is 6.29. The number of nitrogens with one attached hydrogen (secondary N) is 1. The van der Waals surface area contributed by atoms with Crippen molar-refractivity contribution >= 4 is 23.4 Å². The van der Waals surface area contributed by atoms with E-state index < -0.39 is 12.0 Å². The average Bonchev–Trinajstić information content (AvgIpc) is 2.16. The molecule has 1 atom stereocenters. The zero-order valence-corrected chi connectivity index (χ0v) is 8.32. The fourth-order valence-electron chi connectivity index (χ4n) is 0.910. The molecular formula is C8H10ClN3O2. The molecule has 2 N–H and O–H groups in total. The van der Waals surface area contributed by atoms with Gasteiger partial charge in [0.1, 0.15) is 11.9 Å². The number of halogens is 1. The molecule has 0 spiro atoms. The summed E-state index contributed by atoms with van der Waals surface area (Å²) in [6.07, 6.45) is 0.472. The van der Waals surface area contributed by atoms with E-state index in [0.29, 0.717) is 12.2 Å². The molecule has 0 aromatic carbocycles. The van der Waals surface area contributed by atoms with Crippen LogP contribution in [0.4, 0.5) is 5.82 Å². The lowest BCUT2D eigenvalue weighted by molar-refractivity contribution is -0.137. The fourth-order valence-corrected chi connectivity index (χ4v) is 1.01. The Morgan fingerprint density at radius 1 is 1.64 bits per heavy atom. The van der Waals surface area contributed by atoms with Gasteiger partial charge in [0.05, 0.1) is 0 Å². The smallest absolute Gasteiger partial charge is 0.326 e. The van der Waals surface area contributed by atoms with Crippen LogP contribution in [0.3, 0.4) is 0 Å². The van der Waals surface area contributed by atoms with Crippen LogP contribution in [-0.2, 0) is 4.79 Å². The summed E-state index contributed by atoms with van der Waals surface area (Å²) in [6.45, 7) is 1.77. The van der Waals surface area contributed by atoms with Gasteiger partial charge in [-0.25, -0.2) is 4.79 Å². The lowest BCUT2D eigenvalue weighted by atomic mass is 10.2. The molecule has 0 aliphatic carbocycles. The molecule has 1 aromatic heterocycles. The number of hydrogen-bond donors (Lipinski definition) is 2. The zero-order chi connectivity index (χ0) is 10.6. The summed E-state index contributed by atoms with van der Waals surface area (Å²) >= 11 is 5.53. The number of carboxylic acid groups (broad SMARTS) is 1. The summed E-state index contributed by atoms with van der Waals surface area (Å²) in [4.78, 5) is 10.7. The van der Waals surface area contributed by atoms with Gasteiger partial charge in [0.25, 0.3) is 0 Å². The number of hydrogen-bond acceptors (Lipinski definition) is 4. The van der Waals surface area contributed by atoms with Crippen molar-refractivity contribution in [1.29, 1.82) is 0 Å². The van der Waals surface area contributed by atoms with Crippen molar-refractivity contribution in [2.45, 2.75) is 19.4 Å². The standard InChI is InChI=1S/C8H10ClN3O2/c1-2-5(8(13)14)10-7-4-3-6(9)11-12-7/h3-5H,2H2,1H3,(H,10,12)(H,13,14). The molecule has 0 aliphatic rings. The van der Waals surface area contributed by atoms with E-state index in [2.05, 4.69) is 15.5 Å². The van der Waals surface area contributed by atoms with Crippen molar-refractivity contribution in [2.75, 3.05) is 5.32 Å². The molecule has 1 aromatic rings. The zero-order valence-electron chi connectivity index (χ0n) is 7.57. The Hall–Kier alpha value is -1.36. The molecule has 1 heterocycles. The van der Waals surface area contributed by atoms with Crippen LogP contribution in [0.15, 0.2) is 12.1 Å². The fraction of sp³-hybridized carbons (Fsp3) is 0.375. The van der Waals surface area contributed by atoms with Crippen LogP contribution in [-0.4, -0.2) is 27.3 Å². The Balaban J connectivity index is 2.67. The maximum absolute atomic E-state index is 10.7. The molecule has 76 valence electrons. The average molecular weight is 216 g/mol. The van der Waals surface area contributed by atoms with Crippen molar-refractivity contribution in [2.24, 2.45) is 0 Å². The molecule has 1 unspecified atom stereocenters. The van der Waals surface area contributed by atoms with E-state index in [1.807, 2.05) is 0 Å². The van der Waals surface area contributed by atoms with Crippen molar-refractivity contribution in [3.05, 3.63) is 17.3 Å². The van der Waals surface area contributed by atoms with Gasteiger partial charge < -0.3 is 10.4 Å². The van der Waals surface area contributed by atoms with E-state index in [1.165, 1.54) is 0 Å². The molecule has 5 nitrogen and oxygen atoms in total. The Labute approximate surface area is 86.1 Å². The van der Waals surface area contributed by atoms with E-state index in [9.17, 15) is 4.79 Å². The van der Waals surface area contributed by atoms with Crippen LogP contribution in [0.2, 0.25) is 5.15 Å². The number of aromatic nitrogens is 2. The Kier molecular flexibility index (Phi) is 3.64. The lowest BCUT2D eigenvalue weighted by Crippen LogP contribution is -2.28. The SMILES string of the molecule is CCC(Nc1ccc(Cl)nn1)C(=O)O. The van der Waals surface area contributed by atoms with Gasteiger partial charge in [-0.05, 0) is 18.6 Å². The van der Waals surface area contributed by atoms with E-state index in [0.717, 1.165) is 0 Å². The number of anilines is 1. The van der Waals surface area contributed by atoms with Crippen LogP contribution < -0.4 is 5.32 Å². The second kappa shape index (κ2) is 4.76. The minimum absolute atomic E-state index is 0.277. The van der Waals surface area contributed by atoms with Gasteiger partial charge >= 0.3 is 5.97 Å². The van der Waals surface area contributed by atoms with Gasteiger partial charge in [0, 0.05) is 0 Å². The van der Waals surface area contributed by atoms with Crippen molar-refractivity contribution in [3.63, 3.8) is 0 Å². The third-order valence-electron chi connectivity index (χ3n) is 1.66. The second-order valence-electron chi connectivity index (χ2n) is 2.68. The van der Waals surface area contributed by atoms with E-state index in [1.54, 1.807) is 19.1 Å². The van der Waals surface area contributed by atoms with Crippen LogP contribution in [0.1, 0.15) is 13.3 Å². The molecule has 0 bridgehead atoms. The van der Waals surface area contributed by atoms with E-state index >= 15 is 0 Å². The monoisotopic (exact) mass is 215 g/mol. The van der Waals surface area contributed by atoms with Crippen molar-refractivity contribution in [1.82, 2.24) is 10.2 Å². The molecule has 6 heteroatoms.